The number of rotatable bonds is 8. The second-order valence-electron chi connectivity index (χ2n) is 15.0. The van der Waals surface area contributed by atoms with Crippen molar-refractivity contribution in [3.63, 3.8) is 0 Å². The molecule has 2 amide bonds. The van der Waals surface area contributed by atoms with Crippen molar-refractivity contribution in [1.82, 2.24) is 39.3 Å². The highest BCUT2D eigenvalue weighted by atomic mass is 16.5. The fourth-order valence-electron chi connectivity index (χ4n) is 8.05. The molecule has 0 bridgehead atoms. The van der Waals surface area contributed by atoms with Gasteiger partial charge in [0.05, 0.1) is 76.4 Å². The average Bonchev–Trinajstić information content (AvgIpc) is 3.81. The summed E-state index contributed by atoms with van der Waals surface area (Å²) in [5, 5.41) is 19.6. The summed E-state index contributed by atoms with van der Waals surface area (Å²) in [5.74, 6) is 4.04. The number of methoxy groups -OCH3 is 3. The smallest absolute Gasteiger partial charge is 0.409 e. The average molecular weight is 803 g/mol. The minimum Gasteiger partial charge on any atom is -0.494 e. The molecule has 7 heterocycles. The van der Waals surface area contributed by atoms with Crippen LogP contribution in [0.5, 0.6) is 11.5 Å². The maximum atomic E-state index is 12.1. The zero-order chi connectivity index (χ0) is 41.2. The molecule has 4 aromatic rings. The predicted molar refractivity (Wildman–Crippen MR) is 216 cm³/mol. The number of pyridine rings is 2. The molecule has 19 nitrogen and oxygen atoms in total. The second kappa shape index (κ2) is 17.0. The number of carbonyl (C=O) groups excluding carboxylic acids is 2. The first-order valence-corrected chi connectivity index (χ1v) is 19.5. The third-order valence-electron chi connectivity index (χ3n) is 11.5. The van der Waals surface area contributed by atoms with Gasteiger partial charge in [-0.1, -0.05) is 0 Å². The highest BCUT2D eigenvalue weighted by Gasteiger charge is 2.37. The van der Waals surface area contributed by atoms with Gasteiger partial charge in [0, 0.05) is 94.8 Å². The third-order valence-corrected chi connectivity index (χ3v) is 11.5. The van der Waals surface area contributed by atoms with Gasteiger partial charge in [-0.05, 0) is 25.7 Å². The van der Waals surface area contributed by atoms with E-state index < -0.39 is 0 Å². The lowest BCUT2D eigenvalue weighted by Crippen LogP contribution is -2.38. The van der Waals surface area contributed by atoms with Crippen LogP contribution in [-0.4, -0.2) is 124 Å². The van der Waals surface area contributed by atoms with Gasteiger partial charge in [0.1, 0.15) is 23.1 Å². The lowest BCUT2D eigenvalue weighted by Gasteiger charge is -2.34. The van der Waals surface area contributed by atoms with E-state index >= 15 is 0 Å². The Morgan fingerprint density at radius 3 is 1.74 bits per heavy atom. The molecule has 312 valence electrons. The van der Waals surface area contributed by atoms with Crippen molar-refractivity contribution in [2.24, 2.45) is 0 Å². The molecule has 1 aliphatic carbocycles. The van der Waals surface area contributed by atoms with E-state index in [1.165, 1.54) is 12.8 Å². The number of carbonyl (C=O) groups is 2. The SMILES string of the molecule is COC(=O)N1CCc2c(c(N(C)c3cc(OC)c(N)cn3)nn2C2CC(O)C2)C1.COc1cc(N(C)c2nn(C3CCOCC3)c3c2CN(C(C)=O)CC3)ncc1N. The molecule has 0 radical (unpaired) electrons. The van der Waals surface area contributed by atoms with E-state index in [0.717, 1.165) is 55.1 Å². The summed E-state index contributed by atoms with van der Waals surface area (Å²) < 4.78 is 25.3. The minimum atomic E-state index is -0.358. The van der Waals surface area contributed by atoms with E-state index in [4.69, 9.17) is 40.6 Å². The number of anilines is 6. The number of aromatic nitrogens is 6. The number of amides is 2. The quantitative estimate of drug-likeness (QED) is 0.233. The van der Waals surface area contributed by atoms with Crippen molar-refractivity contribution in [2.45, 2.75) is 76.7 Å². The predicted octanol–water partition coefficient (Wildman–Crippen LogP) is 3.35. The van der Waals surface area contributed by atoms with Gasteiger partial charge >= 0.3 is 6.09 Å². The number of hydrogen-bond donors (Lipinski definition) is 3. The molecule has 0 aromatic carbocycles. The van der Waals surface area contributed by atoms with Crippen LogP contribution in [0.15, 0.2) is 24.5 Å². The van der Waals surface area contributed by atoms with Crippen LogP contribution < -0.4 is 30.7 Å². The van der Waals surface area contributed by atoms with Gasteiger partial charge in [-0.25, -0.2) is 14.8 Å². The molecule has 8 rings (SSSR count). The van der Waals surface area contributed by atoms with Gasteiger partial charge in [0.15, 0.2) is 11.6 Å². The van der Waals surface area contributed by atoms with Crippen LogP contribution in [0.2, 0.25) is 0 Å². The maximum Gasteiger partial charge on any atom is 0.409 e. The Hall–Kier alpha value is -5.82. The molecule has 4 aromatic heterocycles. The first-order chi connectivity index (χ1) is 27.9. The first-order valence-electron chi connectivity index (χ1n) is 19.5. The van der Waals surface area contributed by atoms with E-state index in [1.807, 2.05) is 33.5 Å². The zero-order valence-electron chi connectivity index (χ0n) is 34.1. The molecule has 1 saturated carbocycles. The number of fused-ring (bicyclic) bond motifs is 2. The summed E-state index contributed by atoms with van der Waals surface area (Å²) in [7, 11) is 8.33. The van der Waals surface area contributed by atoms with Crippen molar-refractivity contribution in [1.29, 1.82) is 0 Å². The standard InChI is InChI=1S/C20H28N6O3.C19H26N6O4/c1-13(27)25-7-4-17-15(12-25)20(23-26(17)14-5-8-29-9-6-14)24(2)19-10-18(28-3)16(21)11-22-19;1-23(17-8-16(28-2)14(20)9-21-17)18-13-10-24(19(27)29-3)5-4-15(13)25(22-18)11-6-12(26)7-11/h10-11,14H,4-9,12,21H2,1-3H3;8-9,11-12,26H,4-7,10,20H2,1-3H3. The third kappa shape index (κ3) is 7.87. The van der Waals surface area contributed by atoms with Crippen molar-refractivity contribution in [3.05, 3.63) is 47.0 Å². The van der Waals surface area contributed by atoms with Crippen molar-refractivity contribution < 1.29 is 33.6 Å². The summed E-state index contributed by atoms with van der Waals surface area (Å²) in [4.78, 5) is 40.3. The van der Waals surface area contributed by atoms with E-state index in [9.17, 15) is 14.7 Å². The molecular formula is C39H54N12O7. The Kier molecular flexibility index (Phi) is 11.8. The van der Waals surface area contributed by atoms with Gasteiger partial charge in [0.25, 0.3) is 0 Å². The molecule has 5 N–H and O–H groups in total. The summed E-state index contributed by atoms with van der Waals surface area (Å²) in [6.45, 7) is 5.36. The van der Waals surface area contributed by atoms with Crippen LogP contribution in [0.1, 0.15) is 67.2 Å². The van der Waals surface area contributed by atoms with Crippen LogP contribution in [0.3, 0.4) is 0 Å². The molecular weight excluding hydrogens is 749 g/mol. The van der Waals surface area contributed by atoms with Crippen molar-refractivity contribution in [3.8, 4) is 11.5 Å². The Morgan fingerprint density at radius 2 is 1.28 bits per heavy atom. The van der Waals surface area contributed by atoms with Crippen LogP contribution >= 0.6 is 0 Å². The molecule has 0 unspecified atom stereocenters. The van der Waals surface area contributed by atoms with Gasteiger partial charge in [0.2, 0.25) is 5.91 Å². The zero-order valence-corrected chi connectivity index (χ0v) is 34.1. The van der Waals surface area contributed by atoms with Gasteiger partial charge in [-0.2, -0.15) is 10.2 Å². The molecule has 58 heavy (non-hydrogen) atoms. The summed E-state index contributed by atoms with van der Waals surface area (Å²) in [6.07, 6.45) is 7.25. The number of nitrogens with two attached hydrogens (primary N) is 2. The number of ether oxygens (including phenoxy) is 4. The fourth-order valence-corrected chi connectivity index (χ4v) is 8.05. The molecule has 19 heteroatoms. The Labute approximate surface area is 337 Å². The normalized spacial score (nSPS) is 18.9. The lowest BCUT2D eigenvalue weighted by atomic mass is 9.89. The Bertz CT molecular complexity index is 2130. The number of nitrogens with zero attached hydrogens (tertiary/aromatic N) is 10. The van der Waals surface area contributed by atoms with E-state index in [1.54, 1.807) is 50.6 Å². The van der Waals surface area contributed by atoms with E-state index in [0.29, 0.717) is 91.8 Å². The van der Waals surface area contributed by atoms with Crippen LogP contribution in [-0.2, 0) is 40.2 Å². The van der Waals surface area contributed by atoms with Crippen molar-refractivity contribution >= 4 is 46.6 Å². The highest BCUT2D eigenvalue weighted by Crippen LogP contribution is 2.40. The summed E-state index contributed by atoms with van der Waals surface area (Å²) in [6, 6.07) is 4.05. The van der Waals surface area contributed by atoms with Gasteiger partial charge in [-0.3, -0.25) is 14.2 Å². The number of hydrogen-bond acceptors (Lipinski definition) is 15. The van der Waals surface area contributed by atoms with Crippen LogP contribution in [0, 0.1) is 0 Å². The topological polar surface area (TPSA) is 218 Å². The Morgan fingerprint density at radius 1 is 0.793 bits per heavy atom. The number of nitrogen functional groups attached to an aromatic ring is 2. The summed E-state index contributed by atoms with van der Waals surface area (Å²) in [5.41, 5.74) is 17.1. The molecule has 0 spiro atoms. The maximum absolute atomic E-state index is 12.1. The fraction of sp³-hybridized carbons (Fsp3) is 0.538. The summed E-state index contributed by atoms with van der Waals surface area (Å²) >= 11 is 0. The number of aliphatic hydroxyl groups excluding tert-OH is 1. The number of aliphatic hydroxyl groups is 1. The molecule has 1 saturated heterocycles. The van der Waals surface area contributed by atoms with E-state index in [-0.39, 0.29) is 24.1 Å². The molecule has 2 fully saturated rings. The monoisotopic (exact) mass is 802 g/mol. The van der Waals surface area contributed by atoms with E-state index in [2.05, 4.69) is 14.6 Å². The van der Waals surface area contributed by atoms with Crippen LogP contribution in [0.4, 0.5) is 39.4 Å². The molecule has 0 atom stereocenters. The van der Waals surface area contributed by atoms with Crippen LogP contribution in [0.25, 0.3) is 0 Å². The minimum absolute atomic E-state index is 0.0790. The second-order valence-corrected chi connectivity index (χ2v) is 15.0. The largest absolute Gasteiger partial charge is 0.494 e. The molecule has 3 aliphatic heterocycles. The van der Waals surface area contributed by atoms with Gasteiger partial charge in [-0.15, -0.1) is 0 Å². The Balaban J connectivity index is 0.000000177. The van der Waals surface area contributed by atoms with Gasteiger partial charge < -0.3 is 55.1 Å². The first kappa shape index (κ1) is 40.4. The van der Waals surface area contributed by atoms with Crippen molar-refractivity contribution in [2.75, 3.05) is 83.0 Å². The highest BCUT2D eigenvalue weighted by molar-refractivity contribution is 5.74. The molecule has 4 aliphatic rings. The lowest BCUT2D eigenvalue weighted by molar-refractivity contribution is -0.129.